The minimum atomic E-state index is -0.965. The molecule has 21 heavy (non-hydrogen) atoms. The van der Waals surface area contributed by atoms with Gasteiger partial charge in [0.15, 0.2) is 0 Å². The van der Waals surface area contributed by atoms with Gasteiger partial charge in [0.25, 0.3) is 0 Å². The van der Waals surface area contributed by atoms with Gasteiger partial charge in [-0.2, -0.15) is 0 Å². The molecule has 1 unspecified atom stereocenters. The van der Waals surface area contributed by atoms with Gasteiger partial charge in [-0.3, -0.25) is 0 Å². The van der Waals surface area contributed by atoms with Gasteiger partial charge in [-0.1, -0.05) is 12.1 Å². The molecule has 0 saturated carbocycles. The van der Waals surface area contributed by atoms with E-state index in [4.69, 9.17) is 5.11 Å². The summed E-state index contributed by atoms with van der Waals surface area (Å²) in [6.07, 6.45) is 0.749. The molecule has 0 aliphatic heterocycles. The molecule has 0 fully saturated rings. The largest absolute Gasteiger partial charge is 0.478 e. The number of carbonyl (C=O) groups is 1. The first-order valence-electron chi connectivity index (χ1n) is 6.49. The van der Waals surface area contributed by atoms with Crippen LogP contribution in [-0.4, -0.2) is 17.1 Å². The highest BCUT2D eigenvalue weighted by Gasteiger charge is 2.10. The van der Waals surface area contributed by atoms with Gasteiger partial charge in [-0.25, -0.2) is 9.18 Å². The zero-order valence-corrected chi connectivity index (χ0v) is 13.0. The number of carboxylic acids is 1. The third-order valence-electron chi connectivity index (χ3n) is 3.07. The molecule has 0 aliphatic rings. The van der Waals surface area contributed by atoms with Gasteiger partial charge in [-0.15, -0.1) is 0 Å². The number of nitrogens with one attached hydrogen (secondary N) is 1. The Kier molecular flexibility index (Phi) is 4.96. The van der Waals surface area contributed by atoms with Crippen molar-refractivity contribution >= 4 is 27.6 Å². The molecule has 0 radical (unpaired) electrons. The minimum absolute atomic E-state index is 0.137. The predicted octanol–water partition coefficient (Wildman–Crippen LogP) is 4.33. The van der Waals surface area contributed by atoms with E-state index in [2.05, 4.69) is 21.2 Å². The maximum atomic E-state index is 12.8. The van der Waals surface area contributed by atoms with E-state index < -0.39 is 5.97 Å². The minimum Gasteiger partial charge on any atom is -0.478 e. The fourth-order valence-electron chi connectivity index (χ4n) is 2.09. The number of anilines is 1. The molecule has 0 heterocycles. The molecule has 0 aliphatic carbocycles. The molecule has 2 N–H and O–H groups in total. The number of halogens is 2. The molecule has 0 spiro atoms. The molecular formula is C16H15BrFNO2. The van der Waals surface area contributed by atoms with Crippen molar-refractivity contribution in [3.05, 3.63) is 63.9 Å². The Morgan fingerprint density at radius 3 is 2.52 bits per heavy atom. The Hall–Kier alpha value is -1.88. The van der Waals surface area contributed by atoms with Gasteiger partial charge < -0.3 is 10.4 Å². The lowest BCUT2D eigenvalue weighted by molar-refractivity contribution is 0.0696. The lowest BCUT2D eigenvalue weighted by Gasteiger charge is -2.16. The first-order chi connectivity index (χ1) is 9.95. The highest BCUT2D eigenvalue weighted by Crippen LogP contribution is 2.22. The first-order valence-corrected chi connectivity index (χ1v) is 7.29. The third-order valence-corrected chi connectivity index (χ3v) is 3.72. The van der Waals surface area contributed by atoms with Crippen LogP contribution in [0.15, 0.2) is 46.9 Å². The molecule has 110 valence electrons. The van der Waals surface area contributed by atoms with E-state index in [9.17, 15) is 9.18 Å². The molecule has 0 bridgehead atoms. The highest BCUT2D eigenvalue weighted by molar-refractivity contribution is 9.10. The zero-order chi connectivity index (χ0) is 15.4. The van der Waals surface area contributed by atoms with Crippen molar-refractivity contribution in [2.24, 2.45) is 0 Å². The Morgan fingerprint density at radius 1 is 1.29 bits per heavy atom. The van der Waals surface area contributed by atoms with Gasteiger partial charge >= 0.3 is 5.97 Å². The summed E-state index contributed by atoms with van der Waals surface area (Å²) in [5.41, 5.74) is 2.10. The van der Waals surface area contributed by atoms with Crippen molar-refractivity contribution in [1.82, 2.24) is 0 Å². The number of aromatic carboxylic acids is 1. The topological polar surface area (TPSA) is 49.3 Å². The molecule has 2 aromatic carbocycles. The van der Waals surface area contributed by atoms with Crippen molar-refractivity contribution in [1.29, 1.82) is 0 Å². The van der Waals surface area contributed by atoms with Crippen molar-refractivity contribution in [3.63, 3.8) is 0 Å². The second-order valence-electron chi connectivity index (χ2n) is 4.88. The molecule has 0 saturated heterocycles. The lowest BCUT2D eigenvalue weighted by Crippen LogP contribution is -2.18. The Labute approximate surface area is 130 Å². The molecule has 5 heteroatoms. The van der Waals surface area contributed by atoms with E-state index in [1.54, 1.807) is 30.3 Å². The number of hydrogen-bond donors (Lipinski definition) is 2. The van der Waals surface area contributed by atoms with Gasteiger partial charge in [-0.05, 0) is 65.2 Å². The third kappa shape index (κ3) is 4.29. The lowest BCUT2D eigenvalue weighted by atomic mass is 10.1. The summed E-state index contributed by atoms with van der Waals surface area (Å²) in [5, 5.41) is 12.3. The maximum absolute atomic E-state index is 12.8. The van der Waals surface area contributed by atoms with E-state index in [1.165, 1.54) is 12.1 Å². The first kappa shape index (κ1) is 15.5. The zero-order valence-electron chi connectivity index (χ0n) is 11.4. The fraction of sp³-hybridized carbons (Fsp3) is 0.188. The smallest absolute Gasteiger partial charge is 0.336 e. The predicted molar refractivity (Wildman–Crippen MR) is 84.3 cm³/mol. The standard InChI is InChI=1S/C16H15BrFNO2/c1-10(8-11-2-4-12(18)5-3-11)19-13-6-7-14(16(20)21)15(17)9-13/h2-7,9-10,19H,8H2,1H3,(H,20,21). The van der Waals surface area contributed by atoms with E-state index in [1.807, 2.05) is 6.92 Å². The number of rotatable bonds is 5. The van der Waals surface area contributed by atoms with E-state index in [0.717, 1.165) is 17.7 Å². The van der Waals surface area contributed by atoms with Crippen LogP contribution in [0.25, 0.3) is 0 Å². The quantitative estimate of drug-likeness (QED) is 0.842. The van der Waals surface area contributed by atoms with Crippen LogP contribution in [0.2, 0.25) is 0 Å². The average Bonchev–Trinajstić information content (AvgIpc) is 2.41. The second kappa shape index (κ2) is 6.72. The number of benzene rings is 2. The highest BCUT2D eigenvalue weighted by atomic mass is 79.9. The Bertz CT molecular complexity index is 643. The maximum Gasteiger partial charge on any atom is 0.336 e. The molecule has 1 atom stereocenters. The van der Waals surface area contributed by atoms with Crippen LogP contribution in [0.3, 0.4) is 0 Å². The van der Waals surface area contributed by atoms with E-state index in [0.29, 0.717) is 4.47 Å². The van der Waals surface area contributed by atoms with Crippen LogP contribution >= 0.6 is 15.9 Å². The van der Waals surface area contributed by atoms with Crippen molar-refractivity contribution in [2.75, 3.05) is 5.32 Å². The van der Waals surface area contributed by atoms with Crippen molar-refractivity contribution in [3.8, 4) is 0 Å². The van der Waals surface area contributed by atoms with Crippen LogP contribution in [-0.2, 0) is 6.42 Å². The summed E-state index contributed by atoms with van der Waals surface area (Å²) < 4.78 is 13.4. The van der Waals surface area contributed by atoms with Gasteiger partial charge in [0.2, 0.25) is 0 Å². The summed E-state index contributed by atoms with van der Waals surface area (Å²) in [6.45, 7) is 2.02. The fourth-order valence-corrected chi connectivity index (χ4v) is 2.64. The Balaban J connectivity index is 2.02. The molecule has 2 rings (SSSR count). The van der Waals surface area contributed by atoms with Crippen LogP contribution < -0.4 is 5.32 Å². The average molecular weight is 352 g/mol. The molecular weight excluding hydrogens is 337 g/mol. The molecule has 0 amide bonds. The van der Waals surface area contributed by atoms with Crippen molar-refractivity contribution in [2.45, 2.75) is 19.4 Å². The summed E-state index contributed by atoms with van der Waals surface area (Å²) >= 11 is 3.25. The summed E-state index contributed by atoms with van der Waals surface area (Å²) in [6, 6.07) is 11.6. The Morgan fingerprint density at radius 2 is 1.95 bits per heavy atom. The van der Waals surface area contributed by atoms with Gasteiger partial charge in [0, 0.05) is 16.2 Å². The second-order valence-corrected chi connectivity index (χ2v) is 5.73. The molecule has 0 aromatic heterocycles. The number of carboxylic acid groups (broad SMARTS) is 1. The van der Waals surface area contributed by atoms with Gasteiger partial charge in [0.1, 0.15) is 5.82 Å². The monoisotopic (exact) mass is 351 g/mol. The number of hydrogen-bond acceptors (Lipinski definition) is 2. The summed E-state index contributed by atoms with van der Waals surface area (Å²) in [5.74, 6) is -1.21. The normalized spacial score (nSPS) is 12.0. The van der Waals surface area contributed by atoms with Gasteiger partial charge in [0.05, 0.1) is 5.56 Å². The van der Waals surface area contributed by atoms with Crippen LogP contribution in [0.5, 0.6) is 0 Å². The van der Waals surface area contributed by atoms with Crippen LogP contribution in [0.4, 0.5) is 10.1 Å². The van der Waals surface area contributed by atoms with E-state index in [-0.39, 0.29) is 17.4 Å². The summed E-state index contributed by atoms with van der Waals surface area (Å²) in [4.78, 5) is 10.9. The van der Waals surface area contributed by atoms with Crippen molar-refractivity contribution < 1.29 is 14.3 Å². The van der Waals surface area contributed by atoms with Crippen LogP contribution in [0, 0.1) is 5.82 Å². The summed E-state index contributed by atoms with van der Waals surface area (Å²) in [7, 11) is 0. The van der Waals surface area contributed by atoms with E-state index >= 15 is 0 Å². The molecule has 3 nitrogen and oxygen atoms in total. The molecule has 2 aromatic rings. The SMILES string of the molecule is CC(Cc1ccc(F)cc1)Nc1ccc(C(=O)O)c(Br)c1. The van der Waals surface area contributed by atoms with Crippen LogP contribution in [0.1, 0.15) is 22.8 Å².